The Morgan fingerprint density at radius 3 is 2.44 bits per heavy atom. The molecule has 1 heterocycles. The van der Waals surface area contributed by atoms with Gasteiger partial charge < -0.3 is 14.5 Å². The summed E-state index contributed by atoms with van der Waals surface area (Å²) in [4.78, 5) is 26.8. The smallest absolute Gasteiger partial charge is 0.306 e. The summed E-state index contributed by atoms with van der Waals surface area (Å²) in [6.07, 6.45) is 4.26. The number of amides is 1. The van der Waals surface area contributed by atoms with Crippen LogP contribution >= 0.6 is 0 Å². The largest absolute Gasteiger partial charge is 0.469 e. The molecule has 104 valence electrons. The Morgan fingerprint density at radius 1 is 1.17 bits per heavy atom. The molecule has 1 rings (SSSR count). The third-order valence-electron chi connectivity index (χ3n) is 3.40. The van der Waals surface area contributed by atoms with Crippen molar-refractivity contribution in [3.63, 3.8) is 0 Å². The highest BCUT2D eigenvalue weighted by atomic mass is 16.5. The summed E-state index contributed by atoms with van der Waals surface area (Å²) in [5.74, 6) is -0.315. The van der Waals surface area contributed by atoms with Crippen LogP contribution in [-0.2, 0) is 14.3 Å². The van der Waals surface area contributed by atoms with Crippen LogP contribution in [0.4, 0.5) is 0 Å². The van der Waals surface area contributed by atoms with Crippen molar-refractivity contribution >= 4 is 11.9 Å². The second kappa shape index (κ2) is 8.08. The third kappa shape index (κ3) is 5.49. The first kappa shape index (κ1) is 15.0. The second-order valence-electron chi connectivity index (χ2n) is 4.79. The van der Waals surface area contributed by atoms with E-state index in [4.69, 9.17) is 0 Å². The molecule has 5 nitrogen and oxygen atoms in total. The summed E-state index contributed by atoms with van der Waals surface area (Å²) < 4.78 is 4.52. The van der Waals surface area contributed by atoms with Gasteiger partial charge in [0.2, 0.25) is 5.91 Å². The number of carbonyl (C=O) groups excluding carboxylic acids is 2. The number of carbonyl (C=O) groups is 2. The fourth-order valence-electron chi connectivity index (χ4n) is 2.10. The molecule has 0 saturated carbocycles. The van der Waals surface area contributed by atoms with Crippen molar-refractivity contribution in [2.45, 2.75) is 32.1 Å². The lowest BCUT2D eigenvalue weighted by Gasteiger charge is -2.28. The second-order valence-corrected chi connectivity index (χ2v) is 4.79. The van der Waals surface area contributed by atoms with Crippen LogP contribution in [0.1, 0.15) is 32.1 Å². The van der Waals surface area contributed by atoms with Crippen molar-refractivity contribution in [1.82, 2.24) is 9.80 Å². The van der Waals surface area contributed by atoms with Crippen LogP contribution in [0.5, 0.6) is 0 Å². The molecule has 0 aromatic rings. The molecule has 1 amide bonds. The van der Waals surface area contributed by atoms with Gasteiger partial charge in [-0.25, -0.2) is 0 Å². The molecule has 18 heavy (non-hydrogen) atoms. The lowest BCUT2D eigenvalue weighted by Crippen LogP contribution is -2.38. The summed E-state index contributed by atoms with van der Waals surface area (Å²) >= 11 is 0. The van der Waals surface area contributed by atoms with Crippen LogP contribution in [0.15, 0.2) is 0 Å². The molecular formula is C13H24N2O3. The fourth-order valence-corrected chi connectivity index (χ4v) is 2.10. The first-order valence-corrected chi connectivity index (χ1v) is 6.66. The molecule has 0 aromatic carbocycles. The molecule has 1 saturated heterocycles. The van der Waals surface area contributed by atoms with Gasteiger partial charge in [0.05, 0.1) is 13.5 Å². The molecule has 0 atom stereocenters. The number of nitrogens with zero attached hydrogens (tertiary/aromatic N) is 2. The van der Waals surface area contributed by atoms with Gasteiger partial charge >= 0.3 is 5.97 Å². The summed E-state index contributed by atoms with van der Waals surface area (Å²) in [7, 11) is 3.14. The number of methoxy groups -OCH3 is 1. The topological polar surface area (TPSA) is 49.9 Å². The fraction of sp³-hybridized carbons (Fsp3) is 0.846. The molecule has 0 radical (unpaired) electrons. The SMILES string of the molecule is COC(=O)CCC(=O)N(C)CCN1CCCCC1. The number of esters is 1. The number of piperidine rings is 1. The summed E-state index contributed by atoms with van der Waals surface area (Å²) in [6, 6.07) is 0. The van der Waals surface area contributed by atoms with E-state index in [0.717, 1.165) is 26.2 Å². The van der Waals surface area contributed by atoms with Crippen molar-refractivity contribution in [2.24, 2.45) is 0 Å². The third-order valence-corrected chi connectivity index (χ3v) is 3.40. The van der Waals surface area contributed by atoms with Crippen molar-refractivity contribution in [2.75, 3.05) is 40.3 Å². The number of likely N-dealkylation sites (N-methyl/N-ethyl adjacent to an activating group) is 1. The Kier molecular flexibility index (Phi) is 6.72. The monoisotopic (exact) mass is 256 g/mol. The minimum Gasteiger partial charge on any atom is -0.469 e. The summed E-state index contributed by atoms with van der Waals surface area (Å²) in [5.41, 5.74) is 0. The quantitative estimate of drug-likeness (QED) is 0.662. The number of ether oxygens (including phenoxy) is 1. The molecule has 0 spiro atoms. The van der Waals surface area contributed by atoms with Gasteiger partial charge in [-0.1, -0.05) is 6.42 Å². The van der Waals surface area contributed by atoms with E-state index in [1.165, 1.54) is 26.4 Å². The van der Waals surface area contributed by atoms with Crippen molar-refractivity contribution in [3.8, 4) is 0 Å². The zero-order valence-corrected chi connectivity index (χ0v) is 11.5. The number of hydrogen-bond donors (Lipinski definition) is 0. The van der Waals surface area contributed by atoms with Crippen molar-refractivity contribution < 1.29 is 14.3 Å². The molecule has 0 N–H and O–H groups in total. The van der Waals surface area contributed by atoms with Crippen LogP contribution < -0.4 is 0 Å². The van der Waals surface area contributed by atoms with Gasteiger partial charge in [0, 0.05) is 26.6 Å². The molecule has 1 aliphatic rings. The van der Waals surface area contributed by atoms with Gasteiger partial charge in [-0.3, -0.25) is 9.59 Å². The molecule has 0 aromatic heterocycles. The molecule has 0 aliphatic carbocycles. The van der Waals surface area contributed by atoms with E-state index >= 15 is 0 Å². The minimum absolute atomic E-state index is 0.0115. The number of likely N-dealkylation sites (tertiary alicyclic amines) is 1. The van der Waals surface area contributed by atoms with Crippen LogP contribution in [0.2, 0.25) is 0 Å². The molecule has 1 fully saturated rings. The van der Waals surface area contributed by atoms with Gasteiger partial charge in [0.15, 0.2) is 0 Å². The van der Waals surface area contributed by atoms with Crippen molar-refractivity contribution in [1.29, 1.82) is 0 Å². The van der Waals surface area contributed by atoms with E-state index in [9.17, 15) is 9.59 Å². The molecular weight excluding hydrogens is 232 g/mol. The normalized spacial score (nSPS) is 16.3. The first-order valence-electron chi connectivity index (χ1n) is 6.66. The number of rotatable bonds is 6. The molecule has 0 unspecified atom stereocenters. The van der Waals surface area contributed by atoms with Crippen LogP contribution in [0.25, 0.3) is 0 Å². The lowest BCUT2D eigenvalue weighted by atomic mass is 10.1. The Bertz CT molecular complexity index is 275. The molecule has 0 bridgehead atoms. The Labute approximate surface area is 109 Å². The standard InChI is InChI=1S/C13H24N2O3/c1-14(12(16)6-7-13(17)18-2)10-11-15-8-4-3-5-9-15/h3-11H2,1-2H3. The molecule has 1 aliphatic heterocycles. The van der Waals surface area contributed by atoms with Gasteiger partial charge in [-0.05, 0) is 25.9 Å². The average molecular weight is 256 g/mol. The van der Waals surface area contributed by atoms with E-state index in [-0.39, 0.29) is 24.7 Å². The van der Waals surface area contributed by atoms with Gasteiger partial charge in [-0.2, -0.15) is 0 Å². The van der Waals surface area contributed by atoms with Crippen molar-refractivity contribution in [3.05, 3.63) is 0 Å². The molecule has 5 heteroatoms. The number of hydrogen-bond acceptors (Lipinski definition) is 4. The van der Waals surface area contributed by atoms with Gasteiger partial charge in [0.1, 0.15) is 0 Å². The first-order chi connectivity index (χ1) is 8.63. The average Bonchev–Trinajstić information content (AvgIpc) is 2.42. The van der Waals surface area contributed by atoms with E-state index in [2.05, 4.69) is 9.64 Å². The maximum absolute atomic E-state index is 11.7. The highest BCUT2D eigenvalue weighted by Crippen LogP contribution is 2.08. The zero-order valence-electron chi connectivity index (χ0n) is 11.5. The Balaban J connectivity index is 2.16. The minimum atomic E-state index is -0.326. The van der Waals surface area contributed by atoms with Crippen LogP contribution in [-0.4, -0.2) is 62.0 Å². The van der Waals surface area contributed by atoms with Gasteiger partial charge in [-0.15, -0.1) is 0 Å². The maximum atomic E-state index is 11.7. The predicted molar refractivity (Wildman–Crippen MR) is 69.2 cm³/mol. The zero-order chi connectivity index (χ0) is 13.4. The van der Waals surface area contributed by atoms with E-state index < -0.39 is 0 Å². The van der Waals surface area contributed by atoms with E-state index in [1.54, 1.807) is 11.9 Å². The predicted octanol–water partition coefficient (Wildman–Crippen LogP) is 0.884. The van der Waals surface area contributed by atoms with E-state index in [1.807, 2.05) is 0 Å². The highest BCUT2D eigenvalue weighted by Gasteiger charge is 2.14. The van der Waals surface area contributed by atoms with Crippen LogP contribution in [0.3, 0.4) is 0 Å². The van der Waals surface area contributed by atoms with Gasteiger partial charge in [0.25, 0.3) is 0 Å². The Hall–Kier alpha value is -1.10. The summed E-state index contributed by atoms with van der Waals surface area (Å²) in [6.45, 7) is 3.95. The van der Waals surface area contributed by atoms with E-state index in [0.29, 0.717) is 0 Å². The Morgan fingerprint density at radius 2 is 1.83 bits per heavy atom. The lowest BCUT2D eigenvalue weighted by molar-refractivity contribution is -0.143. The van der Waals surface area contributed by atoms with Crippen LogP contribution in [0, 0.1) is 0 Å². The summed E-state index contributed by atoms with van der Waals surface area (Å²) in [5, 5.41) is 0. The maximum Gasteiger partial charge on any atom is 0.306 e. The highest BCUT2D eigenvalue weighted by molar-refractivity contribution is 5.81.